The lowest BCUT2D eigenvalue weighted by atomic mass is 10.0. The molecule has 0 aliphatic heterocycles. The molecule has 0 saturated heterocycles. The minimum absolute atomic E-state index is 0.0693. The standard InChI is InChI=1S/C26H22N4O4/c1-2-30-23-21(25(33)29-26(30)34)19(14-20(28-23)15-11-12-15)24(32)27-18-10-6-9-17(13-18)22(31)16-7-4-3-5-8-16/h3-10,13-15H,2,11-12H2,1H3,(H,27,32)(H,29,33,34). The number of carbonyl (C=O) groups is 2. The summed E-state index contributed by atoms with van der Waals surface area (Å²) in [5.41, 5.74) is 1.23. The molecule has 1 aliphatic carbocycles. The number of aromatic nitrogens is 3. The molecular formula is C26H22N4O4. The third kappa shape index (κ3) is 3.94. The molecule has 2 aromatic heterocycles. The second kappa shape index (κ2) is 8.55. The Hall–Kier alpha value is -4.33. The van der Waals surface area contributed by atoms with Crippen LogP contribution in [0, 0.1) is 0 Å². The lowest BCUT2D eigenvalue weighted by Crippen LogP contribution is -2.32. The van der Waals surface area contributed by atoms with E-state index in [-0.39, 0.29) is 28.3 Å². The van der Waals surface area contributed by atoms with Crippen molar-refractivity contribution in [1.82, 2.24) is 14.5 Å². The number of rotatable bonds is 6. The number of nitrogens with zero attached hydrogens (tertiary/aromatic N) is 2. The maximum atomic E-state index is 13.3. The van der Waals surface area contributed by atoms with Gasteiger partial charge in [0.25, 0.3) is 11.5 Å². The molecule has 0 unspecified atom stereocenters. The van der Waals surface area contributed by atoms with E-state index in [0.29, 0.717) is 29.1 Å². The van der Waals surface area contributed by atoms with Gasteiger partial charge in [-0.3, -0.25) is 23.9 Å². The largest absolute Gasteiger partial charge is 0.329 e. The number of H-pyrrole nitrogens is 1. The number of aromatic amines is 1. The second-order valence-electron chi connectivity index (χ2n) is 8.30. The minimum atomic E-state index is -0.655. The topological polar surface area (TPSA) is 114 Å². The first-order chi connectivity index (χ1) is 16.5. The highest BCUT2D eigenvalue weighted by Gasteiger charge is 2.28. The van der Waals surface area contributed by atoms with Gasteiger partial charge in [-0.15, -0.1) is 0 Å². The fourth-order valence-corrected chi connectivity index (χ4v) is 4.05. The summed E-state index contributed by atoms with van der Waals surface area (Å²) in [6, 6.07) is 17.2. The Balaban J connectivity index is 1.55. The molecular weight excluding hydrogens is 432 g/mol. The molecule has 2 aromatic carbocycles. The summed E-state index contributed by atoms with van der Waals surface area (Å²) in [5, 5.41) is 2.87. The fourth-order valence-electron chi connectivity index (χ4n) is 4.05. The normalized spacial score (nSPS) is 13.1. The second-order valence-corrected chi connectivity index (χ2v) is 8.30. The molecule has 5 rings (SSSR count). The first-order valence-electron chi connectivity index (χ1n) is 11.1. The van der Waals surface area contributed by atoms with Gasteiger partial charge in [0.1, 0.15) is 0 Å². The van der Waals surface area contributed by atoms with Gasteiger partial charge in [-0.1, -0.05) is 42.5 Å². The van der Waals surface area contributed by atoms with Crippen molar-refractivity contribution in [3.05, 3.63) is 104 Å². The molecule has 0 bridgehead atoms. The van der Waals surface area contributed by atoms with Gasteiger partial charge in [-0.05, 0) is 38.0 Å². The maximum absolute atomic E-state index is 13.3. The van der Waals surface area contributed by atoms with Crippen LogP contribution >= 0.6 is 0 Å². The van der Waals surface area contributed by atoms with E-state index < -0.39 is 17.2 Å². The van der Waals surface area contributed by atoms with Gasteiger partial charge < -0.3 is 5.32 Å². The smallest absolute Gasteiger partial charge is 0.322 e. The molecule has 2 heterocycles. The molecule has 1 aliphatic rings. The Morgan fingerprint density at radius 2 is 1.76 bits per heavy atom. The van der Waals surface area contributed by atoms with E-state index in [1.165, 1.54) is 4.57 Å². The summed E-state index contributed by atoms with van der Waals surface area (Å²) in [5.74, 6) is -0.460. The summed E-state index contributed by atoms with van der Waals surface area (Å²) in [7, 11) is 0. The molecule has 4 aromatic rings. The number of anilines is 1. The number of nitrogens with one attached hydrogen (secondary N) is 2. The van der Waals surface area contributed by atoms with Gasteiger partial charge in [0.2, 0.25) is 0 Å². The number of hydrogen-bond donors (Lipinski definition) is 2. The van der Waals surface area contributed by atoms with Crippen LogP contribution in [-0.2, 0) is 6.54 Å². The van der Waals surface area contributed by atoms with Gasteiger partial charge in [0.05, 0.1) is 10.9 Å². The van der Waals surface area contributed by atoms with Crippen molar-refractivity contribution in [3.63, 3.8) is 0 Å². The highest BCUT2D eigenvalue weighted by atomic mass is 16.2. The molecule has 0 spiro atoms. The molecule has 1 fully saturated rings. The number of fused-ring (bicyclic) bond motifs is 1. The number of hydrogen-bond acceptors (Lipinski definition) is 5. The minimum Gasteiger partial charge on any atom is -0.322 e. The number of ketones is 1. The van der Waals surface area contributed by atoms with Crippen LogP contribution in [0.4, 0.5) is 5.69 Å². The van der Waals surface area contributed by atoms with Gasteiger partial charge >= 0.3 is 5.69 Å². The van der Waals surface area contributed by atoms with Crippen LogP contribution in [0.1, 0.15) is 57.7 Å². The van der Waals surface area contributed by atoms with Crippen LogP contribution in [0.25, 0.3) is 11.0 Å². The van der Waals surface area contributed by atoms with Crippen LogP contribution in [0.5, 0.6) is 0 Å². The lowest BCUT2D eigenvalue weighted by Gasteiger charge is -2.13. The Labute approximate surface area is 194 Å². The monoisotopic (exact) mass is 454 g/mol. The SMILES string of the molecule is CCn1c(=O)[nH]c(=O)c2c(C(=O)Nc3cccc(C(=O)c4ccccc4)c3)cc(C3CC3)nc21. The van der Waals surface area contributed by atoms with E-state index in [4.69, 9.17) is 0 Å². The van der Waals surface area contributed by atoms with E-state index in [0.717, 1.165) is 12.8 Å². The average molecular weight is 454 g/mol. The molecule has 8 nitrogen and oxygen atoms in total. The van der Waals surface area contributed by atoms with Crippen LogP contribution < -0.4 is 16.6 Å². The predicted octanol–water partition coefficient (Wildman–Crippen LogP) is 3.47. The zero-order valence-corrected chi connectivity index (χ0v) is 18.5. The molecule has 2 N–H and O–H groups in total. The molecule has 1 amide bonds. The van der Waals surface area contributed by atoms with E-state index in [1.54, 1.807) is 61.5 Å². The Morgan fingerprint density at radius 1 is 1.03 bits per heavy atom. The third-order valence-corrected chi connectivity index (χ3v) is 5.94. The Kier molecular flexibility index (Phi) is 5.41. The lowest BCUT2D eigenvalue weighted by molar-refractivity contribution is 0.102. The summed E-state index contributed by atoms with van der Waals surface area (Å²) in [6.45, 7) is 2.08. The average Bonchev–Trinajstić information content (AvgIpc) is 3.69. The number of aryl methyl sites for hydroxylation is 1. The highest BCUT2D eigenvalue weighted by Crippen LogP contribution is 2.40. The number of carbonyl (C=O) groups excluding carboxylic acids is 2. The predicted molar refractivity (Wildman–Crippen MR) is 129 cm³/mol. The molecule has 170 valence electrons. The third-order valence-electron chi connectivity index (χ3n) is 5.94. The van der Waals surface area contributed by atoms with Crippen molar-refractivity contribution in [2.75, 3.05) is 5.32 Å². The van der Waals surface area contributed by atoms with E-state index in [1.807, 2.05) is 6.07 Å². The first-order valence-corrected chi connectivity index (χ1v) is 11.1. The molecule has 0 radical (unpaired) electrons. The van der Waals surface area contributed by atoms with Crippen LogP contribution in [0.2, 0.25) is 0 Å². The molecule has 8 heteroatoms. The highest BCUT2D eigenvalue weighted by molar-refractivity contribution is 6.13. The van der Waals surface area contributed by atoms with Gasteiger partial charge in [0, 0.05) is 35.0 Å². The van der Waals surface area contributed by atoms with Crippen molar-refractivity contribution < 1.29 is 9.59 Å². The fraction of sp³-hybridized carbons (Fsp3) is 0.192. The van der Waals surface area contributed by atoms with Gasteiger partial charge in [-0.25, -0.2) is 9.78 Å². The number of benzene rings is 2. The number of amides is 1. The van der Waals surface area contributed by atoms with E-state index >= 15 is 0 Å². The maximum Gasteiger partial charge on any atom is 0.329 e. The zero-order chi connectivity index (χ0) is 23.8. The van der Waals surface area contributed by atoms with Crippen molar-refractivity contribution >= 4 is 28.4 Å². The van der Waals surface area contributed by atoms with Crippen molar-refractivity contribution in [3.8, 4) is 0 Å². The summed E-state index contributed by atoms with van der Waals surface area (Å²) in [6.07, 6.45) is 1.89. The van der Waals surface area contributed by atoms with Gasteiger partial charge in [0.15, 0.2) is 11.4 Å². The summed E-state index contributed by atoms with van der Waals surface area (Å²) in [4.78, 5) is 58.0. The van der Waals surface area contributed by atoms with Crippen molar-refractivity contribution in [1.29, 1.82) is 0 Å². The molecule has 34 heavy (non-hydrogen) atoms. The van der Waals surface area contributed by atoms with E-state index in [2.05, 4.69) is 15.3 Å². The molecule has 1 saturated carbocycles. The Morgan fingerprint density at radius 3 is 2.47 bits per heavy atom. The van der Waals surface area contributed by atoms with Crippen LogP contribution in [0.3, 0.4) is 0 Å². The summed E-state index contributed by atoms with van der Waals surface area (Å²) < 4.78 is 1.36. The number of pyridine rings is 1. The summed E-state index contributed by atoms with van der Waals surface area (Å²) >= 11 is 0. The quantitative estimate of drug-likeness (QED) is 0.433. The van der Waals surface area contributed by atoms with Crippen molar-refractivity contribution in [2.24, 2.45) is 0 Å². The van der Waals surface area contributed by atoms with E-state index in [9.17, 15) is 19.2 Å². The van der Waals surface area contributed by atoms with Crippen LogP contribution in [0.15, 0.2) is 70.3 Å². The molecule has 0 atom stereocenters. The van der Waals surface area contributed by atoms with Crippen LogP contribution in [-0.4, -0.2) is 26.2 Å². The first kappa shape index (κ1) is 21.5. The zero-order valence-electron chi connectivity index (χ0n) is 18.5. The van der Waals surface area contributed by atoms with Crippen molar-refractivity contribution in [2.45, 2.75) is 32.2 Å². The Bertz CT molecular complexity index is 1550. The van der Waals surface area contributed by atoms with Gasteiger partial charge in [-0.2, -0.15) is 0 Å².